The molecule has 86 valence electrons. The molecule has 1 N–H and O–H groups in total. The van der Waals surface area contributed by atoms with Gasteiger partial charge in [0.2, 0.25) is 0 Å². The molecule has 1 aliphatic rings. The summed E-state index contributed by atoms with van der Waals surface area (Å²) in [5, 5.41) is 3.42. The SMILES string of the molecule is C#CCCC(NC)C(C)(C)N1CCCC1. The summed E-state index contributed by atoms with van der Waals surface area (Å²) < 4.78 is 0. The number of nitrogens with one attached hydrogen (secondary N) is 1. The van der Waals surface area contributed by atoms with Crippen molar-refractivity contribution in [2.24, 2.45) is 0 Å². The highest BCUT2D eigenvalue weighted by Crippen LogP contribution is 2.26. The second-order valence-corrected chi connectivity index (χ2v) is 4.93. The maximum Gasteiger partial charge on any atom is 0.0306 e. The summed E-state index contributed by atoms with van der Waals surface area (Å²) in [7, 11) is 2.04. The average Bonchev–Trinajstić information content (AvgIpc) is 2.72. The predicted molar refractivity (Wildman–Crippen MR) is 65.8 cm³/mol. The molecule has 0 aliphatic carbocycles. The molecule has 0 aromatic carbocycles. The smallest absolute Gasteiger partial charge is 0.0306 e. The van der Waals surface area contributed by atoms with Crippen molar-refractivity contribution >= 4 is 0 Å². The Kier molecular flexibility index (Phi) is 4.63. The van der Waals surface area contributed by atoms with Crippen LogP contribution in [0, 0.1) is 12.3 Å². The van der Waals surface area contributed by atoms with Gasteiger partial charge >= 0.3 is 0 Å². The van der Waals surface area contributed by atoms with E-state index in [0.29, 0.717) is 6.04 Å². The van der Waals surface area contributed by atoms with E-state index in [2.05, 4.69) is 30.0 Å². The number of likely N-dealkylation sites (tertiary alicyclic amines) is 1. The molecule has 0 bridgehead atoms. The second kappa shape index (κ2) is 5.53. The monoisotopic (exact) mass is 208 g/mol. The molecule has 0 saturated carbocycles. The lowest BCUT2D eigenvalue weighted by Gasteiger charge is -2.42. The van der Waals surface area contributed by atoms with Crippen LogP contribution < -0.4 is 5.32 Å². The zero-order chi connectivity index (χ0) is 11.3. The summed E-state index contributed by atoms with van der Waals surface area (Å²) in [5.41, 5.74) is 0.224. The summed E-state index contributed by atoms with van der Waals surface area (Å²) >= 11 is 0. The minimum Gasteiger partial charge on any atom is -0.315 e. The van der Waals surface area contributed by atoms with Crippen molar-refractivity contribution in [3.05, 3.63) is 0 Å². The standard InChI is InChI=1S/C13H24N2/c1-5-6-9-12(14-4)13(2,3)15-10-7-8-11-15/h1,12,14H,6-11H2,2-4H3. The fraction of sp³-hybridized carbons (Fsp3) is 0.846. The minimum absolute atomic E-state index is 0.224. The largest absolute Gasteiger partial charge is 0.315 e. The van der Waals surface area contributed by atoms with Crippen molar-refractivity contribution in [3.63, 3.8) is 0 Å². The van der Waals surface area contributed by atoms with E-state index in [9.17, 15) is 0 Å². The van der Waals surface area contributed by atoms with Gasteiger partial charge in [-0.1, -0.05) is 0 Å². The van der Waals surface area contributed by atoms with Crippen molar-refractivity contribution in [2.45, 2.75) is 51.1 Å². The summed E-state index contributed by atoms with van der Waals surface area (Å²) in [6.07, 6.45) is 9.95. The van der Waals surface area contributed by atoms with Crippen LogP contribution in [0.25, 0.3) is 0 Å². The minimum atomic E-state index is 0.224. The summed E-state index contributed by atoms with van der Waals surface area (Å²) in [6, 6.07) is 0.492. The van der Waals surface area contributed by atoms with Crippen LogP contribution in [0.15, 0.2) is 0 Å². The van der Waals surface area contributed by atoms with E-state index >= 15 is 0 Å². The molecule has 2 nitrogen and oxygen atoms in total. The van der Waals surface area contributed by atoms with E-state index in [1.807, 2.05) is 7.05 Å². The first kappa shape index (κ1) is 12.5. The fourth-order valence-electron chi connectivity index (χ4n) is 2.59. The summed E-state index contributed by atoms with van der Waals surface area (Å²) in [6.45, 7) is 7.13. The summed E-state index contributed by atoms with van der Waals surface area (Å²) in [5.74, 6) is 2.74. The molecule has 1 atom stereocenters. The third-order valence-electron chi connectivity index (χ3n) is 3.70. The molecular weight excluding hydrogens is 184 g/mol. The lowest BCUT2D eigenvalue weighted by molar-refractivity contribution is 0.107. The van der Waals surface area contributed by atoms with E-state index in [-0.39, 0.29) is 5.54 Å². The van der Waals surface area contributed by atoms with Crippen LogP contribution in [0.1, 0.15) is 39.5 Å². The molecule has 1 unspecified atom stereocenters. The Balaban J connectivity index is 2.59. The van der Waals surface area contributed by atoms with Gasteiger partial charge in [-0.05, 0) is 53.2 Å². The molecule has 0 radical (unpaired) electrons. The molecular formula is C13H24N2. The van der Waals surface area contributed by atoms with E-state index in [1.54, 1.807) is 0 Å². The topological polar surface area (TPSA) is 15.3 Å². The van der Waals surface area contributed by atoms with Crippen LogP contribution in [-0.4, -0.2) is 36.6 Å². The number of hydrogen-bond acceptors (Lipinski definition) is 2. The van der Waals surface area contributed by atoms with Crippen molar-refractivity contribution < 1.29 is 0 Å². The first-order chi connectivity index (χ1) is 7.12. The Bertz CT molecular complexity index is 221. The van der Waals surface area contributed by atoms with E-state index in [0.717, 1.165) is 12.8 Å². The van der Waals surface area contributed by atoms with Crippen LogP contribution in [0.4, 0.5) is 0 Å². The van der Waals surface area contributed by atoms with Crippen LogP contribution in [0.2, 0.25) is 0 Å². The molecule has 15 heavy (non-hydrogen) atoms. The third kappa shape index (κ3) is 2.96. The molecule has 1 heterocycles. The molecule has 0 spiro atoms. The lowest BCUT2D eigenvalue weighted by Crippen LogP contribution is -2.56. The molecule has 0 aromatic rings. The highest BCUT2D eigenvalue weighted by atomic mass is 15.2. The lowest BCUT2D eigenvalue weighted by atomic mass is 9.89. The van der Waals surface area contributed by atoms with Gasteiger partial charge in [-0.3, -0.25) is 4.90 Å². The van der Waals surface area contributed by atoms with Gasteiger partial charge in [-0.2, -0.15) is 0 Å². The first-order valence-corrected chi connectivity index (χ1v) is 5.98. The van der Waals surface area contributed by atoms with Crippen LogP contribution in [0.5, 0.6) is 0 Å². The van der Waals surface area contributed by atoms with Gasteiger partial charge in [0.15, 0.2) is 0 Å². The molecule has 1 rings (SSSR count). The number of rotatable bonds is 5. The van der Waals surface area contributed by atoms with Crippen molar-refractivity contribution in [1.29, 1.82) is 0 Å². The highest BCUT2D eigenvalue weighted by molar-refractivity contribution is 4.97. The zero-order valence-electron chi connectivity index (χ0n) is 10.3. The number of nitrogens with zero attached hydrogens (tertiary/aromatic N) is 1. The predicted octanol–water partition coefficient (Wildman–Crippen LogP) is 1.86. The molecule has 2 heteroatoms. The van der Waals surface area contributed by atoms with Gasteiger partial charge in [0.1, 0.15) is 0 Å². The summed E-state index contributed by atoms with van der Waals surface area (Å²) in [4.78, 5) is 2.59. The molecule has 0 amide bonds. The van der Waals surface area contributed by atoms with Crippen molar-refractivity contribution in [2.75, 3.05) is 20.1 Å². The second-order valence-electron chi connectivity index (χ2n) is 4.93. The van der Waals surface area contributed by atoms with Crippen molar-refractivity contribution in [3.8, 4) is 12.3 Å². The number of likely N-dealkylation sites (N-methyl/N-ethyl adjacent to an activating group) is 1. The van der Waals surface area contributed by atoms with Gasteiger partial charge in [0.05, 0.1) is 0 Å². The quantitative estimate of drug-likeness (QED) is 0.694. The third-order valence-corrected chi connectivity index (χ3v) is 3.70. The Hall–Kier alpha value is -0.520. The Labute approximate surface area is 94.4 Å². The van der Waals surface area contributed by atoms with Gasteiger partial charge in [-0.15, -0.1) is 12.3 Å². The maximum absolute atomic E-state index is 5.34. The van der Waals surface area contributed by atoms with Crippen LogP contribution >= 0.6 is 0 Å². The van der Waals surface area contributed by atoms with E-state index in [4.69, 9.17) is 6.42 Å². The Morgan fingerprint density at radius 2 is 2.00 bits per heavy atom. The number of terminal acetylenes is 1. The van der Waals surface area contributed by atoms with Gasteiger partial charge in [0.25, 0.3) is 0 Å². The maximum atomic E-state index is 5.34. The average molecular weight is 208 g/mol. The van der Waals surface area contributed by atoms with E-state index < -0.39 is 0 Å². The van der Waals surface area contributed by atoms with Crippen LogP contribution in [-0.2, 0) is 0 Å². The van der Waals surface area contributed by atoms with Crippen molar-refractivity contribution in [1.82, 2.24) is 10.2 Å². The van der Waals surface area contributed by atoms with Gasteiger partial charge in [0, 0.05) is 18.0 Å². The van der Waals surface area contributed by atoms with E-state index in [1.165, 1.54) is 25.9 Å². The first-order valence-electron chi connectivity index (χ1n) is 5.98. The zero-order valence-corrected chi connectivity index (χ0v) is 10.3. The highest BCUT2D eigenvalue weighted by Gasteiger charge is 2.35. The molecule has 1 aliphatic heterocycles. The normalized spacial score (nSPS) is 20.1. The van der Waals surface area contributed by atoms with Gasteiger partial charge in [-0.25, -0.2) is 0 Å². The van der Waals surface area contributed by atoms with Crippen LogP contribution in [0.3, 0.4) is 0 Å². The Morgan fingerprint density at radius 1 is 1.40 bits per heavy atom. The molecule has 1 saturated heterocycles. The Morgan fingerprint density at radius 3 is 2.47 bits per heavy atom. The molecule has 0 aromatic heterocycles. The molecule has 1 fully saturated rings. The van der Waals surface area contributed by atoms with Gasteiger partial charge < -0.3 is 5.32 Å². The number of hydrogen-bond donors (Lipinski definition) is 1. The fourth-order valence-corrected chi connectivity index (χ4v) is 2.59.